The summed E-state index contributed by atoms with van der Waals surface area (Å²) in [5, 5.41) is 6.82. The fraction of sp³-hybridized carbons (Fsp3) is 0.0500. The number of pyridine rings is 1. The molecule has 0 unspecified atom stereocenters. The molecule has 0 saturated heterocycles. The summed E-state index contributed by atoms with van der Waals surface area (Å²) in [5.41, 5.74) is 1.91. The first kappa shape index (κ1) is 16.8. The lowest BCUT2D eigenvalue weighted by Gasteiger charge is -2.11. The smallest absolute Gasteiger partial charge is 0.162 e. The van der Waals surface area contributed by atoms with Gasteiger partial charge in [0.15, 0.2) is 17.5 Å². The van der Waals surface area contributed by atoms with Crippen LogP contribution < -0.4 is 10.6 Å². The Hall–Kier alpha value is -3.61. The van der Waals surface area contributed by atoms with Crippen LogP contribution in [-0.2, 0) is 0 Å². The van der Waals surface area contributed by atoms with Gasteiger partial charge in [-0.3, -0.25) is 0 Å². The molecule has 4 aromatic rings. The van der Waals surface area contributed by atoms with Crippen molar-refractivity contribution >= 4 is 28.2 Å². The average molecular weight is 363 g/mol. The van der Waals surface area contributed by atoms with E-state index in [9.17, 15) is 8.78 Å². The van der Waals surface area contributed by atoms with E-state index in [0.29, 0.717) is 23.1 Å². The van der Waals surface area contributed by atoms with Crippen LogP contribution in [0.4, 0.5) is 26.1 Å². The van der Waals surface area contributed by atoms with E-state index in [-0.39, 0.29) is 0 Å². The van der Waals surface area contributed by atoms with E-state index in [2.05, 4.69) is 25.6 Å². The third kappa shape index (κ3) is 3.39. The van der Waals surface area contributed by atoms with Crippen LogP contribution in [0.1, 0.15) is 0 Å². The predicted molar refractivity (Wildman–Crippen MR) is 102 cm³/mol. The molecule has 7 heteroatoms. The van der Waals surface area contributed by atoms with Crippen molar-refractivity contribution in [1.29, 1.82) is 0 Å². The molecular formula is C20H15F2N5. The number of nitrogens with zero attached hydrogens (tertiary/aromatic N) is 3. The van der Waals surface area contributed by atoms with Gasteiger partial charge in [0.1, 0.15) is 11.6 Å². The number of nitrogens with one attached hydrogen (secondary N) is 2. The molecule has 0 bridgehead atoms. The summed E-state index contributed by atoms with van der Waals surface area (Å²) in [5.74, 6) is -0.127. The lowest BCUT2D eigenvalue weighted by atomic mass is 10.2. The van der Waals surface area contributed by atoms with E-state index >= 15 is 0 Å². The quantitative estimate of drug-likeness (QED) is 0.548. The van der Waals surface area contributed by atoms with Crippen molar-refractivity contribution in [2.75, 3.05) is 17.7 Å². The van der Waals surface area contributed by atoms with E-state index in [4.69, 9.17) is 0 Å². The van der Waals surface area contributed by atoms with Crippen LogP contribution in [0.2, 0.25) is 0 Å². The second-order valence-electron chi connectivity index (χ2n) is 5.85. The van der Waals surface area contributed by atoms with Gasteiger partial charge >= 0.3 is 0 Å². The largest absolute Gasteiger partial charge is 0.373 e. The van der Waals surface area contributed by atoms with Crippen LogP contribution in [0.25, 0.3) is 22.3 Å². The van der Waals surface area contributed by atoms with Gasteiger partial charge in [0.2, 0.25) is 0 Å². The summed E-state index contributed by atoms with van der Waals surface area (Å²) in [6, 6.07) is 14.8. The number of hydrogen-bond donors (Lipinski definition) is 2. The molecule has 2 aromatic heterocycles. The van der Waals surface area contributed by atoms with Gasteiger partial charge in [0.25, 0.3) is 0 Å². The number of aromatic nitrogens is 3. The second kappa shape index (κ2) is 6.95. The molecule has 0 fully saturated rings. The molecule has 0 atom stereocenters. The second-order valence-corrected chi connectivity index (χ2v) is 5.85. The topological polar surface area (TPSA) is 62.7 Å². The van der Waals surface area contributed by atoms with Crippen molar-refractivity contribution in [3.8, 4) is 11.4 Å². The molecular weight excluding hydrogens is 348 g/mol. The highest BCUT2D eigenvalue weighted by Gasteiger charge is 2.11. The molecule has 5 nitrogen and oxygen atoms in total. The van der Waals surface area contributed by atoms with Crippen LogP contribution in [0.3, 0.4) is 0 Å². The molecule has 0 aliphatic rings. The van der Waals surface area contributed by atoms with Crippen molar-refractivity contribution < 1.29 is 8.78 Å². The predicted octanol–water partition coefficient (Wildman–Crippen LogP) is 4.76. The van der Waals surface area contributed by atoms with Crippen LogP contribution >= 0.6 is 0 Å². The Labute approximate surface area is 154 Å². The van der Waals surface area contributed by atoms with Crippen molar-refractivity contribution in [2.45, 2.75) is 0 Å². The normalized spacial score (nSPS) is 10.8. The number of anilines is 3. The van der Waals surface area contributed by atoms with E-state index < -0.39 is 11.6 Å². The monoisotopic (exact) mass is 363 g/mol. The first-order chi connectivity index (χ1) is 13.1. The lowest BCUT2D eigenvalue weighted by Crippen LogP contribution is -2.01. The maximum absolute atomic E-state index is 13.6. The van der Waals surface area contributed by atoms with Crippen molar-refractivity contribution in [1.82, 2.24) is 15.0 Å². The molecule has 2 aromatic carbocycles. The Morgan fingerprint density at radius 2 is 1.74 bits per heavy atom. The van der Waals surface area contributed by atoms with Gasteiger partial charge in [-0.2, -0.15) is 0 Å². The van der Waals surface area contributed by atoms with Gasteiger partial charge < -0.3 is 10.6 Å². The zero-order valence-electron chi connectivity index (χ0n) is 14.4. The number of halogens is 2. The summed E-state index contributed by atoms with van der Waals surface area (Å²) in [6.07, 6.45) is 1.67. The molecule has 0 aliphatic heterocycles. The zero-order valence-corrected chi connectivity index (χ0v) is 14.4. The van der Waals surface area contributed by atoms with Crippen molar-refractivity contribution in [2.24, 2.45) is 0 Å². The van der Waals surface area contributed by atoms with Crippen molar-refractivity contribution in [3.63, 3.8) is 0 Å². The Kier molecular flexibility index (Phi) is 4.33. The van der Waals surface area contributed by atoms with Gasteiger partial charge in [-0.1, -0.05) is 12.1 Å². The van der Waals surface area contributed by atoms with Crippen LogP contribution in [0.15, 0.2) is 60.8 Å². The standard InChI is InChI=1S/C20H15F2N5/c1-23-18-10-12(8-9-24-18)19-26-17-5-3-2-4-14(17)20(27-19)25-13-6-7-15(21)16(22)11-13/h2-11H,1H3,(H,23,24)(H,25,26,27). The summed E-state index contributed by atoms with van der Waals surface area (Å²) in [7, 11) is 1.78. The van der Waals surface area contributed by atoms with E-state index in [1.807, 2.05) is 36.4 Å². The van der Waals surface area contributed by atoms with Crippen LogP contribution in [0.5, 0.6) is 0 Å². The maximum atomic E-state index is 13.6. The third-order valence-corrected chi connectivity index (χ3v) is 4.06. The maximum Gasteiger partial charge on any atom is 0.162 e. The highest BCUT2D eigenvalue weighted by atomic mass is 19.2. The van der Waals surface area contributed by atoms with Gasteiger partial charge in [-0.25, -0.2) is 23.7 Å². The molecule has 0 aliphatic carbocycles. The summed E-state index contributed by atoms with van der Waals surface area (Å²) < 4.78 is 26.8. The minimum atomic E-state index is -0.925. The first-order valence-electron chi connectivity index (χ1n) is 8.27. The Morgan fingerprint density at radius 3 is 2.56 bits per heavy atom. The Bertz CT molecular complexity index is 1130. The number of benzene rings is 2. The number of rotatable bonds is 4. The molecule has 134 valence electrons. The molecule has 27 heavy (non-hydrogen) atoms. The fourth-order valence-corrected chi connectivity index (χ4v) is 2.72. The van der Waals surface area contributed by atoms with Crippen LogP contribution in [0, 0.1) is 11.6 Å². The van der Waals surface area contributed by atoms with Gasteiger partial charge in [0, 0.05) is 35.9 Å². The van der Waals surface area contributed by atoms with Gasteiger partial charge in [-0.15, -0.1) is 0 Å². The zero-order chi connectivity index (χ0) is 18.8. The van der Waals surface area contributed by atoms with E-state index in [1.165, 1.54) is 6.07 Å². The molecule has 2 heterocycles. The molecule has 0 amide bonds. The Morgan fingerprint density at radius 1 is 0.889 bits per heavy atom. The summed E-state index contributed by atoms with van der Waals surface area (Å²) in [6.45, 7) is 0. The summed E-state index contributed by atoms with van der Waals surface area (Å²) >= 11 is 0. The lowest BCUT2D eigenvalue weighted by molar-refractivity contribution is 0.509. The SMILES string of the molecule is CNc1cc(-c2nc(Nc3ccc(F)c(F)c3)c3ccccc3n2)ccn1. The average Bonchev–Trinajstić information content (AvgIpc) is 2.70. The number of hydrogen-bond acceptors (Lipinski definition) is 5. The number of para-hydroxylation sites is 1. The van der Waals surface area contributed by atoms with E-state index in [0.717, 1.165) is 28.6 Å². The molecule has 0 saturated carbocycles. The van der Waals surface area contributed by atoms with Gasteiger partial charge in [-0.05, 0) is 36.4 Å². The first-order valence-corrected chi connectivity index (χ1v) is 8.27. The molecule has 0 radical (unpaired) electrons. The van der Waals surface area contributed by atoms with Crippen LogP contribution in [-0.4, -0.2) is 22.0 Å². The minimum absolute atomic E-state index is 0.398. The molecule has 0 spiro atoms. The Balaban J connectivity index is 1.84. The number of fused-ring (bicyclic) bond motifs is 1. The minimum Gasteiger partial charge on any atom is -0.373 e. The van der Waals surface area contributed by atoms with Gasteiger partial charge in [0.05, 0.1) is 5.52 Å². The molecule has 4 rings (SSSR count). The third-order valence-electron chi connectivity index (χ3n) is 4.06. The highest BCUT2D eigenvalue weighted by Crippen LogP contribution is 2.28. The summed E-state index contributed by atoms with van der Waals surface area (Å²) in [4.78, 5) is 13.4. The highest BCUT2D eigenvalue weighted by molar-refractivity contribution is 5.92. The fourth-order valence-electron chi connectivity index (χ4n) is 2.72. The van der Waals surface area contributed by atoms with E-state index in [1.54, 1.807) is 13.2 Å². The van der Waals surface area contributed by atoms with Crippen molar-refractivity contribution in [3.05, 3.63) is 72.4 Å². The molecule has 2 N–H and O–H groups in total.